The van der Waals surface area contributed by atoms with Crippen molar-refractivity contribution in [2.75, 3.05) is 0 Å². The molecule has 0 aromatic heterocycles. The van der Waals surface area contributed by atoms with Gasteiger partial charge in [-0.1, -0.05) is 0 Å². The van der Waals surface area contributed by atoms with Crippen LogP contribution in [0.4, 0.5) is 0 Å². The normalized spacial score (nSPS) is 4.00. The average molecular weight is 72.0 g/mol. The molecular formula is C2H3NP-. The first kappa shape index (κ1) is 3.79. The Morgan fingerprint density at radius 1 is 2.00 bits per heavy atom. The summed E-state index contributed by atoms with van der Waals surface area (Å²) in [5.41, 5.74) is 0. The van der Waals surface area contributed by atoms with E-state index in [0.29, 0.717) is 0 Å². The summed E-state index contributed by atoms with van der Waals surface area (Å²) in [6, 6.07) is 0. The van der Waals surface area contributed by atoms with Gasteiger partial charge in [0.25, 0.3) is 0 Å². The lowest BCUT2D eigenvalue weighted by Crippen LogP contribution is -1.21. The van der Waals surface area contributed by atoms with E-state index in [1.165, 1.54) is 6.29 Å². The smallest absolute Gasteiger partial charge is 0.0249 e. The van der Waals surface area contributed by atoms with Crippen molar-refractivity contribution in [2.24, 2.45) is 0 Å². The summed E-state index contributed by atoms with van der Waals surface area (Å²) in [4.78, 5) is 2.82. The summed E-state index contributed by atoms with van der Waals surface area (Å²) in [5.74, 6) is 0. The van der Waals surface area contributed by atoms with Crippen molar-refractivity contribution in [3.63, 3.8) is 0 Å². The van der Waals surface area contributed by atoms with Crippen LogP contribution in [0, 0.1) is 12.9 Å². The second kappa shape index (κ2) is 2.79. The first-order valence-electron chi connectivity index (χ1n) is 0.815. The molecule has 0 rings (SSSR count). The van der Waals surface area contributed by atoms with Gasteiger partial charge in [-0.25, -0.2) is 9.24 Å². The molecule has 0 fully saturated rings. The minimum Gasteiger partial charge on any atom is -0.457 e. The Bertz CT molecular complexity index is 35.8. The largest absolute Gasteiger partial charge is 0.457 e. The summed E-state index contributed by atoms with van der Waals surface area (Å²) in [6.45, 7) is 6.00. The van der Waals surface area contributed by atoms with Gasteiger partial charge in [0.05, 0.1) is 0 Å². The van der Waals surface area contributed by atoms with E-state index in [1.54, 1.807) is 0 Å². The van der Waals surface area contributed by atoms with E-state index in [9.17, 15) is 0 Å². The first-order valence-corrected chi connectivity index (χ1v) is 1.48. The van der Waals surface area contributed by atoms with Gasteiger partial charge in [-0.2, -0.15) is 0 Å². The topological polar surface area (TPSA) is 4.36 Å². The Morgan fingerprint density at radius 3 is 2.25 bits per heavy atom. The molecule has 0 spiro atoms. The zero-order valence-electron chi connectivity index (χ0n) is 2.10. The van der Waals surface area contributed by atoms with Crippen LogP contribution in [0.15, 0.2) is 0 Å². The third kappa shape index (κ3) is 1.79. The predicted molar refractivity (Wildman–Crippen MR) is 20.6 cm³/mol. The Morgan fingerprint density at radius 2 is 2.25 bits per heavy atom. The van der Waals surface area contributed by atoms with Crippen LogP contribution in [0.5, 0.6) is 0 Å². The second-order valence-electron chi connectivity index (χ2n) is 0.278. The summed E-state index contributed by atoms with van der Waals surface area (Å²) < 4.78 is 0. The van der Waals surface area contributed by atoms with Crippen molar-refractivity contribution in [1.29, 1.82) is 0 Å². The summed E-state index contributed by atoms with van der Waals surface area (Å²) >= 11 is 0. The molecule has 0 bridgehead atoms. The van der Waals surface area contributed by atoms with Gasteiger partial charge in [-0.05, 0) is 6.29 Å². The highest BCUT2D eigenvalue weighted by atomic mass is 31.0. The van der Waals surface area contributed by atoms with Gasteiger partial charge >= 0.3 is 0 Å². The standard InChI is InChI=1S/C2H3NP/c1-3-2-4/h2H,4H2/q-1. The average Bonchev–Trinajstić information content (AvgIpc) is 1.37. The SMILES string of the molecule is [C-]#[N+][CH-]P. The van der Waals surface area contributed by atoms with Gasteiger partial charge < -0.3 is 4.85 Å². The zero-order chi connectivity index (χ0) is 3.41. The Balaban J connectivity index is 2.43. The van der Waals surface area contributed by atoms with Crippen molar-refractivity contribution in [2.45, 2.75) is 0 Å². The van der Waals surface area contributed by atoms with Crippen LogP contribution in [0.1, 0.15) is 0 Å². The lowest BCUT2D eigenvalue weighted by molar-refractivity contribution is 2.06. The van der Waals surface area contributed by atoms with E-state index in [4.69, 9.17) is 6.57 Å². The van der Waals surface area contributed by atoms with Gasteiger partial charge in [0.2, 0.25) is 0 Å². The van der Waals surface area contributed by atoms with E-state index in [-0.39, 0.29) is 0 Å². The third-order valence-electron chi connectivity index (χ3n) is 0.0745. The number of rotatable bonds is 0. The molecule has 0 aliphatic rings. The molecule has 1 unspecified atom stereocenters. The number of hydrogen-bond donors (Lipinski definition) is 0. The molecule has 0 amide bonds. The van der Waals surface area contributed by atoms with E-state index >= 15 is 0 Å². The van der Waals surface area contributed by atoms with E-state index in [0.717, 1.165) is 0 Å². The summed E-state index contributed by atoms with van der Waals surface area (Å²) in [7, 11) is 2.18. The van der Waals surface area contributed by atoms with Gasteiger partial charge in [-0.3, -0.25) is 6.57 Å². The maximum absolute atomic E-state index is 6.00. The molecular weight excluding hydrogens is 69.0 g/mol. The highest BCUT2D eigenvalue weighted by Gasteiger charge is 1.29. The Labute approximate surface area is 28.0 Å². The molecule has 1 atom stereocenters. The molecule has 0 saturated carbocycles. The van der Waals surface area contributed by atoms with Crippen LogP contribution in [-0.2, 0) is 0 Å². The van der Waals surface area contributed by atoms with Gasteiger partial charge in [0.15, 0.2) is 0 Å². The van der Waals surface area contributed by atoms with E-state index < -0.39 is 0 Å². The van der Waals surface area contributed by atoms with Crippen molar-refractivity contribution in [3.8, 4) is 0 Å². The van der Waals surface area contributed by atoms with Crippen LogP contribution < -0.4 is 0 Å². The fraction of sp³-hybridized carbons (Fsp3) is 0. The molecule has 22 valence electrons. The molecule has 2 heteroatoms. The Kier molecular flexibility index (Phi) is 2.64. The van der Waals surface area contributed by atoms with Crippen LogP contribution in [0.25, 0.3) is 4.85 Å². The molecule has 0 heterocycles. The van der Waals surface area contributed by atoms with E-state index in [2.05, 4.69) is 14.1 Å². The van der Waals surface area contributed by atoms with Crippen molar-refractivity contribution >= 4 is 9.24 Å². The molecule has 0 aliphatic heterocycles. The van der Waals surface area contributed by atoms with E-state index in [1.807, 2.05) is 0 Å². The predicted octanol–water partition coefficient (Wildman–Crippen LogP) is 0.900. The molecule has 0 aliphatic carbocycles. The first-order chi connectivity index (χ1) is 1.91. The quantitative estimate of drug-likeness (QED) is 0.296. The highest BCUT2D eigenvalue weighted by molar-refractivity contribution is 7.19. The lowest BCUT2D eigenvalue weighted by Gasteiger charge is -1.69. The monoisotopic (exact) mass is 72.0 g/mol. The lowest BCUT2D eigenvalue weighted by atomic mass is 11.5. The van der Waals surface area contributed by atoms with Crippen LogP contribution >= 0.6 is 9.24 Å². The second-order valence-corrected chi connectivity index (χ2v) is 0.576. The van der Waals surface area contributed by atoms with Crippen LogP contribution in [-0.4, -0.2) is 0 Å². The number of hydrogen-bond acceptors (Lipinski definition) is 0. The van der Waals surface area contributed by atoms with Crippen LogP contribution in [0.3, 0.4) is 0 Å². The molecule has 0 radical (unpaired) electrons. The molecule has 0 aromatic carbocycles. The Hall–Kier alpha value is -0.210. The third-order valence-corrected chi connectivity index (χ3v) is 0.224. The maximum Gasteiger partial charge on any atom is -0.0249 e. The molecule has 0 N–H and O–H groups in total. The van der Waals surface area contributed by atoms with Crippen molar-refractivity contribution < 1.29 is 0 Å². The summed E-state index contributed by atoms with van der Waals surface area (Å²) in [5, 5.41) is 0. The van der Waals surface area contributed by atoms with Crippen molar-refractivity contribution in [3.05, 3.63) is 17.7 Å². The van der Waals surface area contributed by atoms with Gasteiger partial charge in [0.1, 0.15) is 0 Å². The molecule has 4 heavy (non-hydrogen) atoms. The highest BCUT2D eigenvalue weighted by Crippen LogP contribution is 1.84. The maximum atomic E-state index is 6.00. The molecule has 0 saturated heterocycles. The van der Waals surface area contributed by atoms with Gasteiger partial charge in [-0.15, -0.1) is 0 Å². The summed E-state index contributed by atoms with van der Waals surface area (Å²) in [6.07, 6.45) is 1.33. The van der Waals surface area contributed by atoms with Gasteiger partial charge in [0, 0.05) is 0 Å². The zero-order valence-corrected chi connectivity index (χ0v) is 3.26. The molecule has 0 aromatic rings. The number of nitrogens with zero attached hydrogens (tertiary/aromatic N) is 1. The minimum atomic E-state index is 1.33. The van der Waals surface area contributed by atoms with Crippen molar-refractivity contribution in [1.82, 2.24) is 0 Å². The fourth-order valence-corrected chi connectivity index (χ4v) is 0. The molecule has 1 nitrogen and oxygen atoms in total. The minimum absolute atomic E-state index is 1.33. The fourth-order valence-electron chi connectivity index (χ4n) is 0. The van der Waals surface area contributed by atoms with Crippen LogP contribution in [0.2, 0.25) is 0 Å².